The molecule has 0 aliphatic carbocycles. The zero-order chi connectivity index (χ0) is 25.4. The highest BCUT2D eigenvalue weighted by molar-refractivity contribution is 6.05. The van der Waals surface area contributed by atoms with E-state index >= 15 is 0 Å². The summed E-state index contributed by atoms with van der Waals surface area (Å²) >= 11 is 0. The molecule has 0 saturated carbocycles. The fourth-order valence-corrected chi connectivity index (χ4v) is 4.31. The number of ether oxygens (including phenoxy) is 1. The Morgan fingerprint density at radius 1 is 1.17 bits per heavy atom. The number of aromatic amines is 1. The van der Waals surface area contributed by atoms with Crippen LogP contribution < -0.4 is 15.6 Å². The summed E-state index contributed by atoms with van der Waals surface area (Å²) in [5.74, 6) is -0.348. The van der Waals surface area contributed by atoms with Gasteiger partial charge in [0.25, 0.3) is 5.56 Å². The molecule has 1 aromatic heterocycles. The van der Waals surface area contributed by atoms with Crippen LogP contribution in [0.25, 0.3) is 16.5 Å². The lowest BCUT2D eigenvalue weighted by molar-refractivity contribution is -0.137. The second kappa shape index (κ2) is 9.22. The standard InChI is InChI=1S/C26H25F3N2O4/c1-3-25(4-2)13-16(20-8-6-18(26(27,28)29)11-22(20)35-25)10-23(33)30-19-7-5-15-9-17(14-32)24(34)31-21(15)12-19/h5-12,32H,3-4,13-14H2,1-2H3,(H,30,33)(H,31,34)/b16-10+. The third-order valence-corrected chi connectivity index (χ3v) is 6.45. The molecule has 184 valence electrons. The van der Waals surface area contributed by atoms with Gasteiger partial charge in [0.15, 0.2) is 0 Å². The van der Waals surface area contributed by atoms with E-state index in [1.54, 1.807) is 24.3 Å². The normalized spacial score (nSPS) is 16.1. The van der Waals surface area contributed by atoms with Crippen molar-refractivity contribution >= 4 is 28.1 Å². The van der Waals surface area contributed by atoms with Crippen LogP contribution in [0.1, 0.15) is 49.8 Å². The van der Waals surface area contributed by atoms with Crippen LogP contribution in [0, 0.1) is 0 Å². The maximum atomic E-state index is 13.3. The van der Waals surface area contributed by atoms with Crippen molar-refractivity contribution < 1.29 is 27.8 Å². The van der Waals surface area contributed by atoms with Crippen LogP contribution >= 0.6 is 0 Å². The van der Waals surface area contributed by atoms with Gasteiger partial charge in [0.1, 0.15) is 11.4 Å². The Balaban J connectivity index is 1.67. The molecule has 0 atom stereocenters. The molecule has 9 heteroatoms. The first-order chi connectivity index (χ1) is 16.6. The third kappa shape index (κ3) is 4.95. The van der Waals surface area contributed by atoms with Crippen LogP contribution in [0.5, 0.6) is 5.75 Å². The molecule has 6 nitrogen and oxygen atoms in total. The van der Waals surface area contributed by atoms with E-state index in [4.69, 9.17) is 4.74 Å². The molecule has 0 bridgehead atoms. The van der Waals surface area contributed by atoms with Gasteiger partial charge in [-0.1, -0.05) is 26.0 Å². The van der Waals surface area contributed by atoms with E-state index in [2.05, 4.69) is 10.3 Å². The van der Waals surface area contributed by atoms with Gasteiger partial charge in [-0.15, -0.1) is 0 Å². The molecule has 1 amide bonds. The van der Waals surface area contributed by atoms with Crippen molar-refractivity contribution in [3.63, 3.8) is 0 Å². The number of halogens is 3. The van der Waals surface area contributed by atoms with E-state index in [1.165, 1.54) is 12.1 Å². The Labute approximate surface area is 199 Å². The Morgan fingerprint density at radius 3 is 2.57 bits per heavy atom. The van der Waals surface area contributed by atoms with Crippen molar-refractivity contribution in [1.82, 2.24) is 4.98 Å². The fraction of sp³-hybridized carbons (Fsp3) is 0.308. The van der Waals surface area contributed by atoms with Crippen LogP contribution in [0.15, 0.2) is 53.3 Å². The summed E-state index contributed by atoms with van der Waals surface area (Å²) in [5, 5.41) is 12.7. The highest BCUT2D eigenvalue weighted by Crippen LogP contribution is 2.45. The van der Waals surface area contributed by atoms with Crippen LogP contribution in [0.4, 0.5) is 18.9 Å². The molecule has 3 aromatic rings. The molecule has 1 aliphatic heterocycles. The monoisotopic (exact) mass is 486 g/mol. The van der Waals surface area contributed by atoms with Crippen molar-refractivity contribution in [2.24, 2.45) is 0 Å². The van der Waals surface area contributed by atoms with Crippen LogP contribution in [-0.2, 0) is 17.6 Å². The number of H-pyrrole nitrogens is 1. The van der Waals surface area contributed by atoms with E-state index in [0.717, 1.165) is 12.1 Å². The van der Waals surface area contributed by atoms with Gasteiger partial charge in [0.2, 0.25) is 5.91 Å². The van der Waals surface area contributed by atoms with E-state index in [1.807, 2.05) is 13.8 Å². The number of amides is 1. The van der Waals surface area contributed by atoms with Crippen molar-refractivity contribution in [3.8, 4) is 5.75 Å². The minimum atomic E-state index is -4.51. The van der Waals surface area contributed by atoms with Gasteiger partial charge in [-0.2, -0.15) is 13.2 Å². The summed E-state index contributed by atoms with van der Waals surface area (Å²) in [6.07, 6.45) is -1.62. The first-order valence-electron chi connectivity index (χ1n) is 11.3. The maximum Gasteiger partial charge on any atom is 0.416 e. The third-order valence-electron chi connectivity index (χ3n) is 6.45. The molecule has 0 saturated heterocycles. The molecule has 3 N–H and O–H groups in total. The summed E-state index contributed by atoms with van der Waals surface area (Å²) in [4.78, 5) is 27.6. The lowest BCUT2D eigenvalue weighted by Crippen LogP contribution is -2.38. The molecule has 1 aliphatic rings. The summed E-state index contributed by atoms with van der Waals surface area (Å²) < 4.78 is 45.9. The smallest absolute Gasteiger partial charge is 0.416 e. The number of hydrogen-bond donors (Lipinski definition) is 3. The number of alkyl halides is 3. The topological polar surface area (TPSA) is 91.4 Å². The van der Waals surface area contributed by atoms with Crippen molar-refractivity contribution in [3.05, 3.63) is 75.6 Å². The number of aliphatic hydroxyl groups is 1. The van der Waals surface area contributed by atoms with Gasteiger partial charge in [-0.3, -0.25) is 9.59 Å². The van der Waals surface area contributed by atoms with E-state index in [-0.39, 0.29) is 17.9 Å². The molecule has 0 radical (unpaired) electrons. The number of carbonyl (C=O) groups is 1. The second-order valence-electron chi connectivity index (χ2n) is 8.62. The highest BCUT2D eigenvalue weighted by Gasteiger charge is 2.38. The number of carbonyl (C=O) groups excluding carboxylic acids is 1. The number of hydrogen-bond acceptors (Lipinski definition) is 4. The quantitative estimate of drug-likeness (QED) is 0.421. The first-order valence-corrected chi connectivity index (χ1v) is 11.3. The van der Waals surface area contributed by atoms with Crippen molar-refractivity contribution in [1.29, 1.82) is 0 Å². The predicted molar refractivity (Wildman–Crippen MR) is 127 cm³/mol. The molecular formula is C26H25F3N2O4. The summed E-state index contributed by atoms with van der Waals surface area (Å²) in [6.45, 7) is 3.42. The summed E-state index contributed by atoms with van der Waals surface area (Å²) in [6, 6.07) is 9.85. The van der Waals surface area contributed by atoms with Gasteiger partial charge in [-0.05, 0) is 54.1 Å². The van der Waals surface area contributed by atoms with Crippen LogP contribution in [0.3, 0.4) is 0 Å². The van der Waals surface area contributed by atoms with Crippen molar-refractivity contribution in [2.75, 3.05) is 5.32 Å². The average Bonchev–Trinajstić information content (AvgIpc) is 2.82. The lowest BCUT2D eigenvalue weighted by Gasteiger charge is -2.39. The highest BCUT2D eigenvalue weighted by atomic mass is 19.4. The SMILES string of the molecule is CCC1(CC)C/C(=C\C(=O)Nc2ccc3cc(CO)c(=O)[nH]c3c2)c2ccc(C(F)(F)F)cc2O1. The first kappa shape index (κ1) is 24.5. The maximum absolute atomic E-state index is 13.3. The van der Waals surface area contributed by atoms with E-state index in [9.17, 15) is 27.9 Å². The number of nitrogens with one attached hydrogen (secondary N) is 2. The molecular weight excluding hydrogens is 461 g/mol. The van der Waals surface area contributed by atoms with E-state index < -0.39 is 28.8 Å². The summed E-state index contributed by atoms with van der Waals surface area (Å²) in [5.41, 5.74) is 0.259. The Morgan fingerprint density at radius 2 is 1.91 bits per heavy atom. The number of anilines is 1. The fourth-order valence-electron chi connectivity index (χ4n) is 4.31. The number of fused-ring (bicyclic) bond motifs is 2. The molecule has 2 heterocycles. The number of rotatable bonds is 5. The second-order valence-corrected chi connectivity index (χ2v) is 8.62. The Bertz CT molecular complexity index is 1370. The molecule has 0 unspecified atom stereocenters. The van der Waals surface area contributed by atoms with E-state index in [0.29, 0.717) is 47.0 Å². The molecule has 2 aromatic carbocycles. The Kier molecular flexibility index (Phi) is 6.46. The molecule has 0 fully saturated rings. The zero-order valence-electron chi connectivity index (χ0n) is 19.3. The number of aromatic nitrogens is 1. The lowest BCUT2D eigenvalue weighted by atomic mass is 9.83. The van der Waals surface area contributed by atoms with Gasteiger partial charge in [-0.25, -0.2) is 0 Å². The minimum Gasteiger partial charge on any atom is -0.486 e. The number of pyridine rings is 1. The van der Waals surface area contributed by atoms with Crippen LogP contribution in [-0.4, -0.2) is 21.6 Å². The minimum absolute atomic E-state index is 0.108. The molecule has 4 rings (SSSR count). The van der Waals surface area contributed by atoms with Gasteiger partial charge >= 0.3 is 6.18 Å². The van der Waals surface area contributed by atoms with Crippen molar-refractivity contribution in [2.45, 2.75) is 51.5 Å². The van der Waals surface area contributed by atoms with Gasteiger partial charge in [0, 0.05) is 29.3 Å². The number of benzene rings is 2. The zero-order valence-corrected chi connectivity index (χ0v) is 19.3. The summed E-state index contributed by atoms with van der Waals surface area (Å²) in [7, 11) is 0. The number of aliphatic hydroxyl groups excluding tert-OH is 1. The van der Waals surface area contributed by atoms with Gasteiger partial charge < -0.3 is 20.1 Å². The molecule has 0 spiro atoms. The molecule has 35 heavy (non-hydrogen) atoms. The van der Waals surface area contributed by atoms with Gasteiger partial charge in [0.05, 0.1) is 17.7 Å². The Hall–Kier alpha value is -3.59. The average molecular weight is 486 g/mol. The largest absolute Gasteiger partial charge is 0.486 e. The van der Waals surface area contributed by atoms with Crippen LogP contribution in [0.2, 0.25) is 0 Å². The predicted octanol–water partition coefficient (Wildman–Crippen LogP) is 5.40.